The summed E-state index contributed by atoms with van der Waals surface area (Å²) in [5.41, 5.74) is 1.01. The summed E-state index contributed by atoms with van der Waals surface area (Å²) in [6.45, 7) is 1.62. The largest absolute Gasteiger partial charge is 0.504 e. The molecule has 8 nitrogen and oxygen atoms in total. The number of anilines is 1. The lowest BCUT2D eigenvalue weighted by Crippen LogP contribution is -2.16. The Morgan fingerprint density at radius 1 is 1.50 bits per heavy atom. The van der Waals surface area contributed by atoms with Crippen molar-refractivity contribution in [3.8, 4) is 5.75 Å². The van der Waals surface area contributed by atoms with E-state index in [1.165, 1.54) is 13.0 Å². The van der Waals surface area contributed by atoms with E-state index in [1.807, 2.05) is 6.07 Å². The monoisotopic (exact) mass is 329 g/mol. The number of aliphatic hydroxyl groups excluding tert-OH is 1. The molecule has 8 heteroatoms. The summed E-state index contributed by atoms with van der Waals surface area (Å²) in [6.07, 6.45) is 3.96. The van der Waals surface area contributed by atoms with E-state index in [4.69, 9.17) is 4.42 Å². The number of aromatic carboxylic acids is 1. The minimum Gasteiger partial charge on any atom is -0.504 e. The van der Waals surface area contributed by atoms with Crippen LogP contribution >= 0.6 is 0 Å². The molecule has 1 unspecified atom stereocenters. The molecule has 0 radical (unpaired) electrons. The van der Waals surface area contributed by atoms with Gasteiger partial charge in [-0.05, 0) is 25.1 Å². The molecule has 2 aromatic rings. The van der Waals surface area contributed by atoms with Gasteiger partial charge in [-0.3, -0.25) is 0 Å². The summed E-state index contributed by atoms with van der Waals surface area (Å²) >= 11 is 0. The van der Waals surface area contributed by atoms with E-state index in [0.717, 1.165) is 5.56 Å². The van der Waals surface area contributed by atoms with Gasteiger partial charge in [0.15, 0.2) is 22.9 Å². The fourth-order valence-corrected chi connectivity index (χ4v) is 2.28. The van der Waals surface area contributed by atoms with Crippen LogP contribution in [0.5, 0.6) is 5.75 Å². The summed E-state index contributed by atoms with van der Waals surface area (Å²) in [7, 11) is 0. The van der Waals surface area contributed by atoms with Crippen LogP contribution in [0.15, 0.2) is 27.7 Å². The predicted octanol–water partition coefficient (Wildman–Crippen LogP) is 2.13. The topological polar surface area (TPSA) is 128 Å². The molecule has 0 aromatic carbocycles. The Bertz CT molecular complexity index is 851. The first-order chi connectivity index (χ1) is 11.5. The quantitative estimate of drug-likeness (QED) is 0.661. The highest BCUT2D eigenvalue weighted by Crippen LogP contribution is 2.37. The third-order valence-electron chi connectivity index (χ3n) is 3.39. The number of nitrogens with one attached hydrogen (secondary N) is 1. The number of allylic oxidation sites excluding steroid dienone is 1. The van der Waals surface area contributed by atoms with Crippen molar-refractivity contribution in [2.75, 3.05) is 11.9 Å². The van der Waals surface area contributed by atoms with Gasteiger partial charge < -0.3 is 25.1 Å². The molecule has 0 saturated carbocycles. The Morgan fingerprint density at radius 3 is 3.00 bits per heavy atom. The number of furan rings is 1. The molecular weight excluding hydrogens is 314 g/mol. The number of aromatic hydroxyl groups is 1. The maximum absolute atomic E-state index is 11.4. The Kier molecular flexibility index (Phi) is 4.05. The Labute approximate surface area is 136 Å². The minimum atomic E-state index is -1.34. The van der Waals surface area contributed by atoms with Crippen LogP contribution in [-0.2, 0) is 0 Å². The number of aromatic nitrogens is 1. The number of carboxylic acids is 1. The third-order valence-corrected chi connectivity index (χ3v) is 3.39. The van der Waals surface area contributed by atoms with Crippen molar-refractivity contribution in [1.29, 1.82) is 0 Å². The maximum atomic E-state index is 11.4. The van der Waals surface area contributed by atoms with E-state index in [9.17, 15) is 20.1 Å². The van der Waals surface area contributed by atoms with Crippen molar-refractivity contribution >= 4 is 35.5 Å². The Morgan fingerprint density at radius 2 is 2.29 bits per heavy atom. The molecule has 24 heavy (non-hydrogen) atoms. The number of rotatable bonds is 5. The summed E-state index contributed by atoms with van der Waals surface area (Å²) in [4.78, 5) is 19.6. The molecule has 4 N–H and O–H groups in total. The van der Waals surface area contributed by atoms with E-state index in [2.05, 4.69) is 15.3 Å². The first-order valence-electron chi connectivity index (χ1n) is 7.19. The first-order valence-corrected chi connectivity index (χ1v) is 7.19. The van der Waals surface area contributed by atoms with E-state index < -0.39 is 17.8 Å². The fourth-order valence-electron chi connectivity index (χ4n) is 2.28. The number of nitrogens with zero attached hydrogens (tertiary/aromatic N) is 2. The number of carbonyl (C=O) groups is 1. The van der Waals surface area contributed by atoms with Crippen LogP contribution < -0.4 is 5.32 Å². The molecule has 0 aliphatic carbocycles. The van der Waals surface area contributed by atoms with Crippen molar-refractivity contribution in [2.45, 2.75) is 13.0 Å². The highest BCUT2D eigenvalue weighted by atomic mass is 16.4. The zero-order valence-corrected chi connectivity index (χ0v) is 12.7. The summed E-state index contributed by atoms with van der Waals surface area (Å²) in [5, 5.41) is 31.4. The molecule has 1 aliphatic heterocycles. The molecule has 0 saturated heterocycles. The fraction of sp³-hybridized carbons (Fsp3) is 0.188. The molecule has 0 fully saturated rings. The number of hydrogen-bond donors (Lipinski definition) is 4. The van der Waals surface area contributed by atoms with Gasteiger partial charge in [-0.25, -0.2) is 14.8 Å². The number of fused-ring (bicyclic) bond motifs is 1. The van der Waals surface area contributed by atoms with E-state index in [-0.39, 0.29) is 23.8 Å². The van der Waals surface area contributed by atoms with Gasteiger partial charge in [0.25, 0.3) is 0 Å². The predicted molar refractivity (Wildman–Crippen MR) is 87.8 cm³/mol. The molecule has 124 valence electrons. The van der Waals surface area contributed by atoms with Crippen molar-refractivity contribution < 1.29 is 24.5 Å². The highest BCUT2D eigenvalue weighted by Gasteiger charge is 2.25. The second-order valence-corrected chi connectivity index (χ2v) is 5.29. The minimum absolute atomic E-state index is 0.0151. The zero-order valence-electron chi connectivity index (χ0n) is 12.7. The molecule has 0 spiro atoms. The smallest absolute Gasteiger partial charge is 0.345 e. The lowest BCUT2D eigenvalue weighted by molar-refractivity contribution is 0.0694. The molecule has 2 aromatic heterocycles. The molecule has 0 amide bonds. The van der Waals surface area contributed by atoms with Crippen LogP contribution in [0.25, 0.3) is 11.6 Å². The van der Waals surface area contributed by atoms with Crippen molar-refractivity contribution in [3.05, 3.63) is 35.2 Å². The van der Waals surface area contributed by atoms with E-state index >= 15 is 0 Å². The molecule has 1 aliphatic rings. The average Bonchev–Trinajstić information content (AvgIpc) is 3.08. The van der Waals surface area contributed by atoms with Gasteiger partial charge in [0.2, 0.25) is 5.88 Å². The van der Waals surface area contributed by atoms with E-state index in [0.29, 0.717) is 11.4 Å². The van der Waals surface area contributed by atoms with Gasteiger partial charge >= 0.3 is 5.97 Å². The Hall–Kier alpha value is -3.13. The SMILES string of the molecule is CC(O)CNc1oc(C=C2C=Nc3ncccc32)c(O)c1C(=O)O. The second kappa shape index (κ2) is 6.17. The summed E-state index contributed by atoms with van der Waals surface area (Å²) < 4.78 is 5.42. The summed E-state index contributed by atoms with van der Waals surface area (Å²) in [6, 6.07) is 3.56. The van der Waals surface area contributed by atoms with Crippen molar-refractivity contribution in [2.24, 2.45) is 4.99 Å². The highest BCUT2D eigenvalue weighted by molar-refractivity contribution is 6.21. The number of hydrogen-bond acceptors (Lipinski definition) is 7. The lowest BCUT2D eigenvalue weighted by Gasteiger charge is -2.05. The molecule has 3 heterocycles. The first kappa shape index (κ1) is 15.8. The summed E-state index contributed by atoms with van der Waals surface area (Å²) in [5.74, 6) is -1.42. The van der Waals surface area contributed by atoms with Gasteiger partial charge in [0, 0.05) is 30.1 Å². The zero-order chi connectivity index (χ0) is 17.3. The van der Waals surface area contributed by atoms with Crippen molar-refractivity contribution in [1.82, 2.24) is 4.98 Å². The second-order valence-electron chi connectivity index (χ2n) is 5.29. The van der Waals surface area contributed by atoms with Crippen LogP contribution in [0.4, 0.5) is 11.7 Å². The van der Waals surface area contributed by atoms with Crippen LogP contribution in [0.3, 0.4) is 0 Å². The van der Waals surface area contributed by atoms with Crippen LogP contribution in [0.2, 0.25) is 0 Å². The third kappa shape index (κ3) is 2.86. The van der Waals surface area contributed by atoms with Gasteiger partial charge in [-0.1, -0.05) is 0 Å². The van der Waals surface area contributed by atoms with Gasteiger partial charge in [0.1, 0.15) is 0 Å². The van der Waals surface area contributed by atoms with Gasteiger partial charge in [0.05, 0.1) is 6.10 Å². The normalized spacial score (nSPS) is 15.5. The van der Waals surface area contributed by atoms with Crippen LogP contribution in [-0.4, -0.2) is 45.1 Å². The number of pyridine rings is 1. The molecular formula is C16H15N3O5. The standard InChI is InChI=1S/C16H15N3O5/c1-8(20)6-19-15-12(16(22)23)13(21)11(24-15)5-9-7-18-14-10(9)3-2-4-17-14/h2-5,7-8,19-21H,6H2,1H3,(H,22,23). The number of aliphatic imine (C=N–C) groups is 1. The van der Waals surface area contributed by atoms with Crippen LogP contribution in [0.1, 0.15) is 28.6 Å². The maximum Gasteiger partial charge on any atom is 0.345 e. The van der Waals surface area contributed by atoms with Gasteiger partial charge in [-0.2, -0.15) is 0 Å². The molecule has 1 atom stereocenters. The lowest BCUT2D eigenvalue weighted by atomic mass is 10.1. The number of carboxylic acid groups (broad SMARTS) is 1. The Balaban J connectivity index is 2.00. The van der Waals surface area contributed by atoms with Gasteiger partial charge in [-0.15, -0.1) is 0 Å². The van der Waals surface area contributed by atoms with E-state index in [1.54, 1.807) is 18.5 Å². The van der Waals surface area contributed by atoms with Crippen LogP contribution in [0, 0.1) is 0 Å². The average molecular weight is 329 g/mol. The molecule has 3 rings (SSSR count). The molecule has 0 bridgehead atoms. The number of aliphatic hydroxyl groups is 1. The van der Waals surface area contributed by atoms with Crippen molar-refractivity contribution in [3.63, 3.8) is 0 Å².